The van der Waals surface area contributed by atoms with Crippen LogP contribution in [0.1, 0.15) is 23.2 Å². The number of hydrogen-bond donors (Lipinski definition) is 0. The van der Waals surface area contributed by atoms with Crippen molar-refractivity contribution in [3.63, 3.8) is 0 Å². The molecular weight excluding hydrogens is 1110 g/mol. The van der Waals surface area contributed by atoms with Crippen molar-refractivity contribution in [2.24, 2.45) is 0 Å². The Morgan fingerprint density at radius 1 is 0.250 bits per heavy atom. The third-order valence-electron chi connectivity index (χ3n) is 19.1. The van der Waals surface area contributed by atoms with E-state index < -0.39 is 0 Å². The highest BCUT2D eigenvalue weighted by atomic mass is 15.0. The second-order valence-electron chi connectivity index (χ2n) is 24.3. The molecule has 4 heteroatoms. The smallest absolute Gasteiger partial charge is 0.0979 e. The van der Waals surface area contributed by atoms with Gasteiger partial charge in [-0.3, -0.25) is 0 Å². The minimum absolute atomic E-state index is 0.811. The van der Waals surface area contributed by atoms with Gasteiger partial charge in [-0.25, -0.2) is 9.97 Å². The Balaban J connectivity index is 0.844. The number of fused-ring (bicyclic) bond motifs is 9. The first-order valence-corrected chi connectivity index (χ1v) is 31.8. The summed E-state index contributed by atoms with van der Waals surface area (Å²) < 4.78 is 4.92. The number of aromatic nitrogens is 4. The standard InChI is InChI=1S/C88H58N4/c1-5-19-57(20-6-1)65-39-49-81-77(53-65)78-54-66(58-21-7-2-8-22-58)40-50-82(78)91(81)69-43-35-63(36-44-69)85-86(90-88-76(74-34-18-30-62-28-14-16-32-72(62)74)48-47-75(87(88)89-85)73-33-17-29-61-27-13-15-31-71(61)73)64-37-45-70(46-38-64)92-83-51-41-67(59-23-9-3-10-24-59)55-79(83)80-56-68(42-52-84(80)92)60-25-11-4-12-26-60/h1-41,43-51,53-56H,42,52H2. The van der Waals surface area contributed by atoms with Crippen LogP contribution in [0, 0.1) is 0 Å². The van der Waals surface area contributed by atoms with E-state index in [0.717, 1.165) is 91.1 Å². The molecule has 0 amide bonds. The van der Waals surface area contributed by atoms with E-state index in [1.54, 1.807) is 0 Å². The van der Waals surface area contributed by atoms with Crippen molar-refractivity contribution >= 4 is 76.9 Å². The Labute approximate surface area is 533 Å². The lowest BCUT2D eigenvalue weighted by Crippen LogP contribution is -2.05. The molecule has 1 aliphatic rings. The molecule has 92 heavy (non-hydrogen) atoms. The second-order valence-corrected chi connectivity index (χ2v) is 24.3. The van der Waals surface area contributed by atoms with Crippen molar-refractivity contribution in [2.45, 2.75) is 12.8 Å². The fourth-order valence-corrected chi connectivity index (χ4v) is 14.6. The fraction of sp³-hybridized carbons (Fsp3) is 0.0227. The Morgan fingerprint density at radius 2 is 0.630 bits per heavy atom. The molecule has 17 aromatic rings. The molecule has 0 unspecified atom stereocenters. The van der Waals surface area contributed by atoms with Gasteiger partial charge in [0.05, 0.1) is 39.0 Å². The molecule has 14 aromatic carbocycles. The zero-order chi connectivity index (χ0) is 60.6. The highest BCUT2D eigenvalue weighted by Gasteiger charge is 2.25. The number of benzene rings is 14. The van der Waals surface area contributed by atoms with E-state index in [9.17, 15) is 0 Å². The molecular formula is C88H58N4. The van der Waals surface area contributed by atoms with Crippen LogP contribution in [-0.4, -0.2) is 19.1 Å². The number of allylic oxidation sites excluding steroid dienone is 1. The van der Waals surface area contributed by atoms with Gasteiger partial charge < -0.3 is 9.13 Å². The van der Waals surface area contributed by atoms with Crippen LogP contribution in [0.25, 0.3) is 166 Å². The third-order valence-corrected chi connectivity index (χ3v) is 19.1. The van der Waals surface area contributed by atoms with E-state index >= 15 is 0 Å². The van der Waals surface area contributed by atoms with Gasteiger partial charge in [-0.1, -0.05) is 261 Å². The summed E-state index contributed by atoms with van der Waals surface area (Å²) in [7, 11) is 0. The van der Waals surface area contributed by atoms with Crippen molar-refractivity contribution in [2.75, 3.05) is 0 Å². The van der Waals surface area contributed by atoms with Crippen molar-refractivity contribution in [3.05, 3.63) is 338 Å². The Hall–Kier alpha value is -12.0. The Kier molecular flexibility index (Phi) is 12.7. The summed E-state index contributed by atoms with van der Waals surface area (Å²) in [4.78, 5) is 12.0. The van der Waals surface area contributed by atoms with Crippen LogP contribution in [0.2, 0.25) is 0 Å². The molecule has 0 saturated carbocycles. The van der Waals surface area contributed by atoms with Crippen LogP contribution in [0.5, 0.6) is 0 Å². The minimum Gasteiger partial charge on any atom is -0.313 e. The van der Waals surface area contributed by atoms with E-state index in [0.29, 0.717) is 0 Å². The van der Waals surface area contributed by atoms with Gasteiger partial charge in [0.15, 0.2) is 0 Å². The quantitative estimate of drug-likeness (QED) is 0.137. The molecule has 0 aliphatic heterocycles. The summed E-state index contributed by atoms with van der Waals surface area (Å²) in [5.41, 5.74) is 27.7. The van der Waals surface area contributed by atoms with Gasteiger partial charge in [-0.15, -0.1) is 0 Å². The van der Waals surface area contributed by atoms with Crippen LogP contribution in [0.15, 0.2) is 322 Å². The summed E-state index contributed by atoms with van der Waals surface area (Å²) in [6.45, 7) is 0. The zero-order valence-electron chi connectivity index (χ0n) is 50.4. The predicted molar refractivity (Wildman–Crippen MR) is 386 cm³/mol. The Morgan fingerprint density at radius 3 is 1.10 bits per heavy atom. The van der Waals surface area contributed by atoms with Crippen molar-refractivity contribution in [3.8, 4) is 89.5 Å². The van der Waals surface area contributed by atoms with E-state index in [1.165, 1.54) is 99.0 Å². The fourth-order valence-electron chi connectivity index (χ4n) is 14.6. The van der Waals surface area contributed by atoms with Gasteiger partial charge in [0.1, 0.15) is 0 Å². The average molecular weight is 1170 g/mol. The predicted octanol–water partition coefficient (Wildman–Crippen LogP) is 23.1. The van der Waals surface area contributed by atoms with Crippen LogP contribution >= 0.6 is 0 Å². The van der Waals surface area contributed by atoms with Crippen LogP contribution in [-0.2, 0) is 6.42 Å². The van der Waals surface area contributed by atoms with Gasteiger partial charge >= 0.3 is 0 Å². The molecule has 3 heterocycles. The maximum absolute atomic E-state index is 6.00. The van der Waals surface area contributed by atoms with Gasteiger partial charge in [0, 0.05) is 61.0 Å². The first kappa shape index (κ1) is 53.1. The molecule has 0 atom stereocenters. The summed E-state index contributed by atoms with van der Waals surface area (Å²) in [6, 6.07) is 117. The van der Waals surface area contributed by atoms with Crippen molar-refractivity contribution < 1.29 is 0 Å². The minimum atomic E-state index is 0.811. The Bertz CT molecular complexity index is 5660. The molecule has 4 nitrogen and oxygen atoms in total. The molecule has 0 radical (unpaired) electrons. The molecule has 0 saturated heterocycles. The molecule has 430 valence electrons. The second kappa shape index (κ2) is 22.0. The lowest BCUT2D eigenvalue weighted by molar-refractivity contribution is 0.898. The summed E-state index contributed by atoms with van der Waals surface area (Å²) >= 11 is 0. The third kappa shape index (κ3) is 8.98. The summed E-state index contributed by atoms with van der Waals surface area (Å²) in [6.07, 6.45) is 4.31. The normalized spacial score (nSPS) is 12.3. The molecule has 18 rings (SSSR count). The van der Waals surface area contributed by atoms with Gasteiger partial charge in [-0.05, 0) is 157 Å². The first-order valence-electron chi connectivity index (χ1n) is 31.8. The van der Waals surface area contributed by atoms with Crippen molar-refractivity contribution in [1.82, 2.24) is 19.1 Å². The zero-order valence-corrected chi connectivity index (χ0v) is 50.4. The maximum atomic E-state index is 6.00. The van der Waals surface area contributed by atoms with Gasteiger partial charge in [0.2, 0.25) is 0 Å². The van der Waals surface area contributed by atoms with Crippen LogP contribution in [0.3, 0.4) is 0 Å². The van der Waals surface area contributed by atoms with Gasteiger partial charge in [0.25, 0.3) is 0 Å². The average Bonchev–Trinajstić information content (AvgIpc) is 1.27. The highest BCUT2D eigenvalue weighted by molar-refractivity contribution is 6.13. The number of rotatable bonds is 10. The van der Waals surface area contributed by atoms with E-state index in [1.807, 2.05) is 0 Å². The highest BCUT2D eigenvalue weighted by Crippen LogP contribution is 2.45. The molecule has 0 fully saturated rings. The molecule has 0 bridgehead atoms. The lowest BCUT2D eigenvalue weighted by atomic mass is 9.91. The maximum Gasteiger partial charge on any atom is 0.0979 e. The monoisotopic (exact) mass is 1170 g/mol. The molecule has 3 aromatic heterocycles. The van der Waals surface area contributed by atoms with E-state index in [4.69, 9.17) is 9.97 Å². The molecule has 0 N–H and O–H groups in total. The molecule has 0 spiro atoms. The lowest BCUT2D eigenvalue weighted by Gasteiger charge is -2.19. The number of hydrogen-bond acceptors (Lipinski definition) is 2. The summed E-state index contributed by atoms with van der Waals surface area (Å²) in [5.74, 6) is 0. The van der Waals surface area contributed by atoms with Gasteiger partial charge in [-0.2, -0.15) is 0 Å². The van der Waals surface area contributed by atoms with Crippen LogP contribution in [0.4, 0.5) is 0 Å². The number of nitrogens with zero attached hydrogens (tertiary/aromatic N) is 4. The van der Waals surface area contributed by atoms with E-state index in [2.05, 4.69) is 337 Å². The first-order chi connectivity index (χ1) is 45.6. The SMILES string of the molecule is C1=C(c2ccccc2)CCc2c1c1cc(-c3ccccc3)ccc1n2-c1ccc(-c2nc3c(-c4cccc5ccccc45)ccc(-c4cccc5ccccc45)c3nc2-c2ccc(-n3c4ccc(-c5ccccc5)cc4c4cc(-c5ccccc5)ccc43)cc2)cc1. The summed E-state index contributed by atoms with van der Waals surface area (Å²) in [5, 5.41) is 8.35. The largest absolute Gasteiger partial charge is 0.313 e. The van der Waals surface area contributed by atoms with Crippen molar-refractivity contribution in [1.29, 1.82) is 0 Å². The molecule has 1 aliphatic carbocycles. The topological polar surface area (TPSA) is 35.6 Å². The van der Waals surface area contributed by atoms with E-state index in [-0.39, 0.29) is 0 Å². The van der Waals surface area contributed by atoms with Crippen LogP contribution < -0.4 is 0 Å².